The standard InChI is InChI=1S/C28H46N4O2/c1-19(2)22(17-20(3)18-29-9)32(11)26(34)24(27(4,5)6)31-25(33)23(30-10)28(7,8)21-15-13-12-14-16-21/h12-17,19,22-24,30H,9,18H2,1-8,10-11H3,(H,31,33)/b20-17+/t22-,23-,24-/m1/s1. The largest absolute Gasteiger partial charge is 0.342 e. The van der Waals surface area contributed by atoms with Gasteiger partial charge in [0.2, 0.25) is 11.8 Å². The number of carbonyl (C=O) groups excluding carboxylic acids is 2. The predicted octanol–water partition coefficient (Wildman–Crippen LogP) is 4.21. The van der Waals surface area contributed by atoms with Crippen molar-refractivity contribution in [3.8, 4) is 0 Å². The van der Waals surface area contributed by atoms with Crippen LogP contribution in [0.4, 0.5) is 0 Å². The van der Waals surface area contributed by atoms with E-state index in [-0.39, 0.29) is 23.8 Å². The first kappa shape index (κ1) is 29.6. The second-order valence-corrected chi connectivity index (χ2v) is 11.2. The zero-order chi connectivity index (χ0) is 26.3. The van der Waals surface area contributed by atoms with E-state index in [0.29, 0.717) is 6.54 Å². The molecular weight excluding hydrogens is 424 g/mol. The number of nitrogens with zero attached hydrogens (tertiary/aromatic N) is 2. The van der Waals surface area contributed by atoms with Crippen LogP contribution in [-0.4, -0.2) is 62.2 Å². The predicted molar refractivity (Wildman–Crippen MR) is 143 cm³/mol. The highest BCUT2D eigenvalue weighted by atomic mass is 16.2. The van der Waals surface area contributed by atoms with Gasteiger partial charge in [0, 0.05) is 12.5 Å². The Balaban J connectivity index is 3.26. The van der Waals surface area contributed by atoms with Crippen LogP contribution < -0.4 is 10.6 Å². The lowest BCUT2D eigenvalue weighted by Gasteiger charge is -2.40. The lowest BCUT2D eigenvalue weighted by atomic mass is 9.76. The number of benzene rings is 1. The van der Waals surface area contributed by atoms with Crippen molar-refractivity contribution in [2.75, 3.05) is 20.6 Å². The van der Waals surface area contributed by atoms with Crippen LogP contribution in [0.5, 0.6) is 0 Å². The van der Waals surface area contributed by atoms with Gasteiger partial charge in [-0.05, 0) is 37.6 Å². The molecule has 0 unspecified atom stereocenters. The summed E-state index contributed by atoms with van der Waals surface area (Å²) in [5.41, 5.74) is 1.16. The molecule has 1 aromatic rings. The van der Waals surface area contributed by atoms with E-state index >= 15 is 0 Å². The minimum atomic E-state index is -0.681. The summed E-state index contributed by atoms with van der Waals surface area (Å²) in [7, 11) is 3.59. The van der Waals surface area contributed by atoms with Crippen LogP contribution in [-0.2, 0) is 15.0 Å². The molecule has 2 N–H and O–H groups in total. The first-order valence-corrected chi connectivity index (χ1v) is 12.1. The number of nitrogens with one attached hydrogen (secondary N) is 2. The Morgan fingerprint density at radius 1 is 1.09 bits per heavy atom. The number of rotatable bonds is 11. The van der Waals surface area contributed by atoms with Crippen molar-refractivity contribution in [3.05, 3.63) is 47.5 Å². The maximum absolute atomic E-state index is 13.8. The van der Waals surface area contributed by atoms with E-state index in [9.17, 15) is 9.59 Å². The van der Waals surface area contributed by atoms with Gasteiger partial charge in [0.05, 0.1) is 18.6 Å². The van der Waals surface area contributed by atoms with Crippen LogP contribution in [0, 0.1) is 11.3 Å². The van der Waals surface area contributed by atoms with Crippen LogP contribution in [0.2, 0.25) is 0 Å². The third-order valence-corrected chi connectivity index (χ3v) is 6.48. The monoisotopic (exact) mass is 470 g/mol. The fourth-order valence-electron chi connectivity index (χ4n) is 4.35. The Kier molecular flexibility index (Phi) is 10.7. The minimum Gasteiger partial charge on any atom is -0.342 e. The van der Waals surface area contributed by atoms with Gasteiger partial charge in [-0.2, -0.15) is 0 Å². The van der Waals surface area contributed by atoms with Gasteiger partial charge in [0.15, 0.2) is 0 Å². The van der Waals surface area contributed by atoms with Crippen molar-refractivity contribution >= 4 is 18.5 Å². The Bertz CT molecular complexity index is 853. The van der Waals surface area contributed by atoms with Gasteiger partial charge < -0.3 is 15.5 Å². The quantitative estimate of drug-likeness (QED) is 0.376. The molecule has 34 heavy (non-hydrogen) atoms. The molecule has 0 saturated heterocycles. The number of likely N-dealkylation sites (N-methyl/N-ethyl adjacent to an activating group) is 2. The highest BCUT2D eigenvalue weighted by molar-refractivity contribution is 5.91. The average Bonchev–Trinajstić information content (AvgIpc) is 2.75. The first-order chi connectivity index (χ1) is 15.7. The van der Waals surface area contributed by atoms with E-state index < -0.39 is 22.9 Å². The molecule has 2 amide bonds. The van der Waals surface area contributed by atoms with Crippen molar-refractivity contribution in [2.45, 2.75) is 78.9 Å². The zero-order valence-electron chi connectivity index (χ0n) is 22.9. The molecule has 0 aliphatic heterocycles. The highest BCUT2D eigenvalue weighted by Gasteiger charge is 2.41. The molecule has 6 nitrogen and oxygen atoms in total. The normalized spacial score (nSPS) is 15.4. The molecule has 0 fully saturated rings. The third kappa shape index (κ3) is 7.52. The molecule has 1 rings (SSSR count). The van der Waals surface area contributed by atoms with Gasteiger partial charge in [-0.15, -0.1) is 0 Å². The zero-order valence-corrected chi connectivity index (χ0v) is 22.9. The summed E-state index contributed by atoms with van der Waals surface area (Å²) in [6.45, 7) is 20.3. The minimum absolute atomic E-state index is 0.109. The maximum atomic E-state index is 13.8. The Hall–Kier alpha value is -2.47. The summed E-state index contributed by atoms with van der Waals surface area (Å²) < 4.78 is 0. The fraction of sp³-hybridized carbons (Fsp3) is 0.607. The topological polar surface area (TPSA) is 73.8 Å². The van der Waals surface area contributed by atoms with Crippen molar-refractivity contribution < 1.29 is 9.59 Å². The molecule has 0 radical (unpaired) electrons. The van der Waals surface area contributed by atoms with Gasteiger partial charge in [-0.25, -0.2) is 0 Å². The van der Waals surface area contributed by atoms with E-state index in [0.717, 1.165) is 11.1 Å². The van der Waals surface area contributed by atoms with E-state index in [1.165, 1.54) is 0 Å². The number of carbonyl (C=O) groups is 2. The molecule has 0 aliphatic rings. The summed E-state index contributed by atoms with van der Waals surface area (Å²) in [5.74, 6) is -0.101. The van der Waals surface area contributed by atoms with E-state index in [1.54, 1.807) is 11.9 Å². The summed E-state index contributed by atoms with van der Waals surface area (Å²) >= 11 is 0. The summed E-state index contributed by atoms with van der Waals surface area (Å²) in [6, 6.07) is 8.65. The molecule has 6 heteroatoms. The van der Waals surface area contributed by atoms with E-state index in [4.69, 9.17) is 0 Å². The molecule has 190 valence electrons. The van der Waals surface area contributed by atoms with E-state index in [1.807, 2.05) is 78.9 Å². The lowest BCUT2D eigenvalue weighted by Crippen LogP contribution is -2.61. The van der Waals surface area contributed by atoms with Gasteiger partial charge >= 0.3 is 0 Å². The smallest absolute Gasteiger partial charge is 0.245 e. The summed E-state index contributed by atoms with van der Waals surface area (Å²) in [4.78, 5) is 33.0. The summed E-state index contributed by atoms with van der Waals surface area (Å²) in [6.07, 6.45) is 2.08. The molecule has 1 aromatic carbocycles. The summed E-state index contributed by atoms with van der Waals surface area (Å²) in [5, 5.41) is 6.28. The van der Waals surface area contributed by atoms with E-state index in [2.05, 4.69) is 42.3 Å². The van der Waals surface area contributed by atoms with Crippen molar-refractivity contribution in [1.29, 1.82) is 0 Å². The SMILES string of the molecule is C=NC/C(C)=C/[C@H](C(C)C)N(C)C(=O)[C@@H](NC(=O)[C@@H](NC)C(C)(C)c1ccccc1)C(C)(C)C. The van der Waals surface area contributed by atoms with Crippen LogP contribution >= 0.6 is 0 Å². The van der Waals surface area contributed by atoms with Crippen molar-refractivity contribution in [1.82, 2.24) is 15.5 Å². The molecule has 0 saturated carbocycles. The molecule has 0 spiro atoms. The average molecular weight is 471 g/mol. The molecule has 3 atom stereocenters. The second-order valence-electron chi connectivity index (χ2n) is 11.2. The highest BCUT2D eigenvalue weighted by Crippen LogP contribution is 2.29. The molecule has 0 heterocycles. The molecular formula is C28H46N4O2. The van der Waals surface area contributed by atoms with Crippen molar-refractivity contribution in [2.24, 2.45) is 16.3 Å². The van der Waals surface area contributed by atoms with Crippen LogP contribution in [0.1, 0.15) is 61.0 Å². The molecule has 0 aliphatic carbocycles. The van der Waals surface area contributed by atoms with Crippen LogP contribution in [0.3, 0.4) is 0 Å². The Morgan fingerprint density at radius 2 is 1.65 bits per heavy atom. The maximum Gasteiger partial charge on any atom is 0.245 e. The number of hydrogen-bond donors (Lipinski definition) is 2. The second kappa shape index (κ2) is 12.3. The van der Waals surface area contributed by atoms with Crippen LogP contribution in [0.25, 0.3) is 0 Å². The van der Waals surface area contributed by atoms with Crippen LogP contribution in [0.15, 0.2) is 47.0 Å². The Morgan fingerprint density at radius 3 is 2.09 bits per heavy atom. The number of aliphatic imine (C=N–C) groups is 1. The molecule has 0 bridgehead atoms. The lowest BCUT2D eigenvalue weighted by molar-refractivity contribution is -0.140. The van der Waals surface area contributed by atoms with Gasteiger partial charge in [-0.1, -0.05) is 90.4 Å². The number of hydrogen-bond acceptors (Lipinski definition) is 4. The van der Waals surface area contributed by atoms with Gasteiger partial charge in [0.25, 0.3) is 0 Å². The molecule has 0 aromatic heterocycles. The third-order valence-electron chi connectivity index (χ3n) is 6.48. The van der Waals surface area contributed by atoms with Gasteiger partial charge in [0.1, 0.15) is 6.04 Å². The van der Waals surface area contributed by atoms with Gasteiger partial charge in [-0.3, -0.25) is 14.6 Å². The fourth-order valence-corrected chi connectivity index (χ4v) is 4.35. The van der Waals surface area contributed by atoms with Crippen molar-refractivity contribution in [3.63, 3.8) is 0 Å². The number of amides is 2. The Labute approximate surface area is 207 Å². The first-order valence-electron chi connectivity index (χ1n) is 12.1.